The van der Waals surface area contributed by atoms with Crippen molar-refractivity contribution < 1.29 is 28.6 Å². The van der Waals surface area contributed by atoms with Crippen LogP contribution < -0.4 is 20.7 Å². The van der Waals surface area contributed by atoms with Gasteiger partial charge in [0.2, 0.25) is 0 Å². The van der Waals surface area contributed by atoms with Gasteiger partial charge in [-0.05, 0) is 100 Å². The molecule has 0 unspecified atom stereocenters. The third kappa shape index (κ3) is 9.07. The average Bonchev–Trinajstić information content (AvgIpc) is 2.96. The number of amides is 3. The molecule has 0 aliphatic heterocycles. The molecule has 3 amide bonds. The van der Waals surface area contributed by atoms with Crippen molar-refractivity contribution in [1.29, 1.82) is 0 Å². The van der Waals surface area contributed by atoms with Crippen LogP contribution in [0.15, 0.2) is 54.6 Å². The van der Waals surface area contributed by atoms with Crippen molar-refractivity contribution in [2.45, 2.75) is 79.1 Å². The van der Waals surface area contributed by atoms with E-state index in [-0.39, 0.29) is 11.3 Å². The smallest absolute Gasteiger partial charge is 0.331 e. The molecule has 0 aliphatic carbocycles. The predicted octanol–water partition coefficient (Wildman–Crippen LogP) is 7.05. The van der Waals surface area contributed by atoms with Crippen LogP contribution in [0, 0.1) is 13.8 Å². The summed E-state index contributed by atoms with van der Waals surface area (Å²) >= 11 is 0. The lowest BCUT2D eigenvalue weighted by molar-refractivity contribution is -0.150. The minimum absolute atomic E-state index is 0.168. The first kappa shape index (κ1) is 34.1. The molecule has 0 saturated heterocycles. The number of ether oxygens (including phenoxy) is 3. The van der Waals surface area contributed by atoms with Crippen molar-refractivity contribution in [3.05, 3.63) is 76.9 Å². The first-order chi connectivity index (χ1) is 20.8. The van der Waals surface area contributed by atoms with Crippen LogP contribution in [-0.2, 0) is 20.7 Å². The fourth-order valence-electron chi connectivity index (χ4n) is 5.10. The Morgan fingerprint density at radius 2 is 1.48 bits per heavy atom. The van der Waals surface area contributed by atoms with Crippen molar-refractivity contribution in [1.82, 2.24) is 5.32 Å². The molecule has 0 saturated carbocycles. The van der Waals surface area contributed by atoms with Gasteiger partial charge in [-0.3, -0.25) is 4.79 Å². The maximum absolute atomic E-state index is 13.7. The Balaban J connectivity index is 1.98. The van der Waals surface area contributed by atoms with Gasteiger partial charge in [0.1, 0.15) is 5.75 Å². The van der Waals surface area contributed by atoms with E-state index >= 15 is 0 Å². The molecule has 9 nitrogen and oxygen atoms in total. The van der Waals surface area contributed by atoms with E-state index in [9.17, 15) is 14.4 Å². The van der Waals surface area contributed by atoms with Gasteiger partial charge in [0.05, 0.1) is 37.2 Å². The summed E-state index contributed by atoms with van der Waals surface area (Å²) in [5.41, 5.74) is 5.31. The quantitative estimate of drug-likeness (QED) is 0.202. The standard InChI is InChI=1S/C35H45N3O6/c1-10-11-24-18-21(2)30(22(3)19-24)38-34(41)36-29-20-26(25-12-15-27(42-8)16-13-25)14-17-28(29)32(39)37-31(33(40)43-9)23(4)44-35(5,6)7/h12-20,23,31H,10-11H2,1-9H3,(H,37,39)(H2,36,38,41)/t23-,31+/m1/s1. The molecule has 3 aromatic carbocycles. The minimum Gasteiger partial charge on any atom is -0.497 e. The maximum atomic E-state index is 13.7. The van der Waals surface area contributed by atoms with E-state index in [2.05, 4.69) is 35.0 Å². The molecule has 0 aromatic heterocycles. The second kappa shape index (κ2) is 14.9. The lowest BCUT2D eigenvalue weighted by atomic mass is 10.0. The zero-order valence-electron chi connectivity index (χ0n) is 27.2. The molecule has 3 N–H and O–H groups in total. The molecule has 0 fully saturated rings. The Morgan fingerprint density at radius 1 is 0.864 bits per heavy atom. The molecule has 236 valence electrons. The minimum atomic E-state index is -1.08. The van der Waals surface area contributed by atoms with Crippen LogP contribution in [0.25, 0.3) is 11.1 Å². The van der Waals surface area contributed by atoms with Crippen LogP contribution in [0.5, 0.6) is 5.75 Å². The third-order valence-corrected chi connectivity index (χ3v) is 7.06. The molecule has 0 radical (unpaired) electrons. The van der Waals surface area contributed by atoms with Gasteiger partial charge in [0, 0.05) is 5.69 Å². The number of carbonyl (C=O) groups is 3. The van der Waals surface area contributed by atoms with E-state index in [1.165, 1.54) is 12.7 Å². The highest BCUT2D eigenvalue weighted by atomic mass is 16.5. The number of benzene rings is 3. The SMILES string of the molecule is CCCc1cc(C)c(NC(=O)Nc2cc(-c3ccc(OC)cc3)ccc2C(=O)N[C@H](C(=O)OC)[C@@H](C)OC(C)(C)C)c(C)c1. The molecule has 0 heterocycles. The molecule has 0 spiro atoms. The van der Waals surface area contributed by atoms with Crippen LogP contribution in [0.4, 0.5) is 16.2 Å². The van der Waals surface area contributed by atoms with E-state index in [4.69, 9.17) is 14.2 Å². The van der Waals surface area contributed by atoms with E-state index in [0.29, 0.717) is 11.4 Å². The Hall–Kier alpha value is -4.37. The van der Waals surface area contributed by atoms with Crippen molar-refractivity contribution >= 4 is 29.3 Å². The first-order valence-electron chi connectivity index (χ1n) is 14.8. The fourth-order valence-corrected chi connectivity index (χ4v) is 5.10. The fraction of sp³-hybridized carbons (Fsp3) is 0.400. The summed E-state index contributed by atoms with van der Waals surface area (Å²) in [7, 11) is 2.85. The second-order valence-corrected chi connectivity index (χ2v) is 11.8. The Morgan fingerprint density at radius 3 is 2.02 bits per heavy atom. The lowest BCUT2D eigenvalue weighted by Crippen LogP contribution is -2.51. The largest absolute Gasteiger partial charge is 0.497 e. The van der Waals surface area contributed by atoms with Crippen molar-refractivity contribution in [3.8, 4) is 16.9 Å². The average molecular weight is 604 g/mol. The monoisotopic (exact) mass is 603 g/mol. The predicted molar refractivity (Wildman–Crippen MR) is 175 cm³/mol. The van der Waals surface area contributed by atoms with E-state index in [0.717, 1.165) is 35.1 Å². The molecular formula is C35H45N3O6. The van der Waals surface area contributed by atoms with Gasteiger partial charge in [-0.1, -0.05) is 43.7 Å². The number of carbonyl (C=O) groups excluding carboxylic acids is 3. The molecule has 3 aromatic rings. The highest BCUT2D eigenvalue weighted by Gasteiger charge is 2.32. The van der Waals surface area contributed by atoms with Gasteiger partial charge in [-0.25, -0.2) is 9.59 Å². The van der Waals surface area contributed by atoms with Gasteiger partial charge in [0.25, 0.3) is 5.91 Å². The number of anilines is 2. The molecule has 44 heavy (non-hydrogen) atoms. The summed E-state index contributed by atoms with van der Waals surface area (Å²) in [5, 5.41) is 8.58. The zero-order chi connectivity index (χ0) is 32.6. The van der Waals surface area contributed by atoms with Gasteiger partial charge in [-0.2, -0.15) is 0 Å². The highest BCUT2D eigenvalue weighted by molar-refractivity contribution is 6.08. The topological polar surface area (TPSA) is 115 Å². The van der Waals surface area contributed by atoms with Gasteiger partial charge in [-0.15, -0.1) is 0 Å². The van der Waals surface area contributed by atoms with Crippen LogP contribution >= 0.6 is 0 Å². The third-order valence-electron chi connectivity index (χ3n) is 7.06. The van der Waals surface area contributed by atoms with Crippen LogP contribution in [-0.4, -0.2) is 49.9 Å². The summed E-state index contributed by atoms with van der Waals surface area (Å²) < 4.78 is 16.2. The Labute approximate surface area is 260 Å². The van der Waals surface area contributed by atoms with Crippen molar-refractivity contribution in [2.75, 3.05) is 24.9 Å². The maximum Gasteiger partial charge on any atom is 0.331 e. The number of methoxy groups -OCH3 is 2. The van der Waals surface area contributed by atoms with E-state index in [1.807, 2.05) is 58.9 Å². The molecular weight excluding hydrogens is 558 g/mol. The Kier molecular flexibility index (Phi) is 11.5. The first-order valence-corrected chi connectivity index (χ1v) is 14.8. The molecule has 0 bridgehead atoms. The van der Waals surface area contributed by atoms with Crippen molar-refractivity contribution in [3.63, 3.8) is 0 Å². The number of nitrogens with one attached hydrogen (secondary N) is 3. The number of rotatable bonds is 11. The number of hydrogen-bond acceptors (Lipinski definition) is 6. The van der Waals surface area contributed by atoms with E-state index in [1.54, 1.807) is 32.2 Å². The highest BCUT2D eigenvalue weighted by Crippen LogP contribution is 2.29. The number of hydrogen-bond donors (Lipinski definition) is 3. The summed E-state index contributed by atoms with van der Waals surface area (Å²) in [6.07, 6.45) is 1.29. The van der Waals surface area contributed by atoms with Crippen LogP contribution in [0.3, 0.4) is 0 Å². The van der Waals surface area contributed by atoms with Crippen molar-refractivity contribution in [2.24, 2.45) is 0 Å². The second-order valence-electron chi connectivity index (χ2n) is 11.8. The van der Waals surface area contributed by atoms with Gasteiger partial charge >= 0.3 is 12.0 Å². The zero-order valence-corrected chi connectivity index (χ0v) is 27.2. The number of esters is 1. The van der Waals surface area contributed by atoms with Gasteiger partial charge in [0.15, 0.2) is 6.04 Å². The van der Waals surface area contributed by atoms with E-state index < -0.39 is 35.7 Å². The summed E-state index contributed by atoms with van der Waals surface area (Å²) in [4.78, 5) is 39.7. The molecule has 2 atom stereocenters. The normalized spacial score (nSPS) is 12.6. The molecule has 0 aliphatic rings. The molecule has 3 rings (SSSR count). The summed E-state index contributed by atoms with van der Waals surface area (Å²) in [6.45, 7) is 13.3. The number of urea groups is 1. The summed E-state index contributed by atoms with van der Waals surface area (Å²) in [5.74, 6) is -0.508. The van der Waals surface area contributed by atoms with Crippen LogP contribution in [0.1, 0.15) is 68.1 Å². The molecule has 9 heteroatoms. The Bertz CT molecular complexity index is 1450. The lowest BCUT2D eigenvalue weighted by Gasteiger charge is -2.30. The van der Waals surface area contributed by atoms with Gasteiger partial charge < -0.3 is 30.2 Å². The number of aryl methyl sites for hydroxylation is 3. The van der Waals surface area contributed by atoms with Crippen LogP contribution in [0.2, 0.25) is 0 Å². The summed E-state index contributed by atoms with van der Waals surface area (Å²) in [6, 6.07) is 15.1.